The standard InChI is InChI=1S/C19H29N/c1-15-8-6-7-11-18(15)19(14-20-17-12-13-17)16-9-4-2-3-5-10-16/h6-8,11,16-17,19-20H,2-5,9-10,12-14H2,1H3. The summed E-state index contributed by atoms with van der Waals surface area (Å²) in [5, 5.41) is 3.80. The van der Waals surface area contributed by atoms with Crippen LogP contribution in [0.15, 0.2) is 24.3 Å². The van der Waals surface area contributed by atoms with Gasteiger partial charge in [-0.25, -0.2) is 0 Å². The fraction of sp³-hybridized carbons (Fsp3) is 0.684. The summed E-state index contributed by atoms with van der Waals surface area (Å²) in [6.07, 6.45) is 11.4. The fourth-order valence-electron chi connectivity index (χ4n) is 3.83. The Morgan fingerprint density at radius 2 is 1.70 bits per heavy atom. The van der Waals surface area contributed by atoms with Gasteiger partial charge in [0, 0.05) is 12.6 Å². The number of rotatable bonds is 5. The van der Waals surface area contributed by atoms with E-state index in [-0.39, 0.29) is 0 Å². The van der Waals surface area contributed by atoms with E-state index in [0.29, 0.717) is 0 Å². The number of hydrogen-bond acceptors (Lipinski definition) is 1. The number of nitrogens with one attached hydrogen (secondary N) is 1. The molecule has 0 radical (unpaired) electrons. The lowest BCUT2D eigenvalue weighted by Crippen LogP contribution is -2.28. The summed E-state index contributed by atoms with van der Waals surface area (Å²) in [4.78, 5) is 0. The Labute approximate surface area is 124 Å². The normalized spacial score (nSPS) is 22.4. The summed E-state index contributed by atoms with van der Waals surface area (Å²) in [5.41, 5.74) is 3.09. The molecule has 1 N–H and O–H groups in total. The molecule has 2 aliphatic carbocycles. The molecule has 1 atom stereocenters. The molecule has 20 heavy (non-hydrogen) atoms. The highest BCUT2D eigenvalue weighted by Gasteiger charge is 2.28. The molecule has 2 aliphatic rings. The van der Waals surface area contributed by atoms with Crippen molar-refractivity contribution in [2.75, 3.05) is 6.54 Å². The molecule has 1 heteroatoms. The van der Waals surface area contributed by atoms with Crippen LogP contribution < -0.4 is 5.32 Å². The van der Waals surface area contributed by atoms with Crippen molar-refractivity contribution in [3.63, 3.8) is 0 Å². The van der Waals surface area contributed by atoms with E-state index in [1.54, 1.807) is 5.56 Å². The molecule has 0 heterocycles. The van der Waals surface area contributed by atoms with Crippen LogP contribution in [0.25, 0.3) is 0 Å². The van der Waals surface area contributed by atoms with Crippen molar-refractivity contribution < 1.29 is 0 Å². The van der Waals surface area contributed by atoms with E-state index in [0.717, 1.165) is 17.9 Å². The second kappa shape index (κ2) is 6.76. The first-order chi connectivity index (χ1) is 9.84. The van der Waals surface area contributed by atoms with Crippen LogP contribution in [-0.2, 0) is 0 Å². The summed E-state index contributed by atoms with van der Waals surface area (Å²) in [6.45, 7) is 3.48. The van der Waals surface area contributed by atoms with Gasteiger partial charge in [-0.2, -0.15) is 0 Å². The zero-order valence-electron chi connectivity index (χ0n) is 12.9. The number of benzene rings is 1. The molecule has 0 spiro atoms. The van der Waals surface area contributed by atoms with Crippen LogP contribution in [0.1, 0.15) is 68.4 Å². The van der Waals surface area contributed by atoms with Crippen molar-refractivity contribution in [3.8, 4) is 0 Å². The molecule has 2 fully saturated rings. The topological polar surface area (TPSA) is 12.0 Å². The molecule has 2 saturated carbocycles. The summed E-state index contributed by atoms with van der Waals surface area (Å²) < 4.78 is 0. The third-order valence-electron chi connectivity index (χ3n) is 5.26. The van der Waals surface area contributed by atoms with E-state index in [1.807, 2.05) is 0 Å². The van der Waals surface area contributed by atoms with Gasteiger partial charge in [0.15, 0.2) is 0 Å². The molecule has 1 aromatic carbocycles. The minimum atomic E-state index is 0.731. The van der Waals surface area contributed by atoms with Crippen molar-refractivity contribution in [2.24, 2.45) is 5.92 Å². The van der Waals surface area contributed by atoms with Crippen LogP contribution in [0, 0.1) is 12.8 Å². The van der Waals surface area contributed by atoms with Crippen molar-refractivity contribution in [2.45, 2.75) is 70.3 Å². The Morgan fingerprint density at radius 3 is 2.35 bits per heavy atom. The molecule has 0 bridgehead atoms. The minimum Gasteiger partial charge on any atom is -0.313 e. The van der Waals surface area contributed by atoms with E-state index in [2.05, 4.69) is 36.5 Å². The quantitative estimate of drug-likeness (QED) is 0.758. The predicted octanol–water partition coefficient (Wildman–Crippen LogP) is 4.80. The van der Waals surface area contributed by atoms with Crippen molar-refractivity contribution in [3.05, 3.63) is 35.4 Å². The third-order valence-corrected chi connectivity index (χ3v) is 5.26. The van der Waals surface area contributed by atoms with Crippen LogP contribution in [0.3, 0.4) is 0 Å². The van der Waals surface area contributed by atoms with Gasteiger partial charge in [0.05, 0.1) is 0 Å². The summed E-state index contributed by atoms with van der Waals surface area (Å²) in [7, 11) is 0. The lowest BCUT2D eigenvalue weighted by molar-refractivity contribution is 0.359. The second-order valence-corrected chi connectivity index (χ2v) is 6.90. The highest BCUT2D eigenvalue weighted by molar-refractivity contribution is 5.30. The Hall–Kier alpha value is -0.820. The molecule has 1 aromatic rings. The van der Waals surface area contributed by atoms with Gasteiger partial charge in [0.2, 0.25) is 0 Å². The SMILES string of the molecule is Cc1ccccc1C(CNC1CC1)C1CCCCCC1. The Morgan fingerprint density at radius 1 is 1.00 bits per heavy atom. The van der Waals surface area contributed by atoms with Crippen molar-refractivity contribution >= 4 is 0 Å². The monoisotopic (exact) mass is 271 g/mol. The van der Waals surface area contributed by atoms with E-state index in [4.69, 9.17) is 0 Å². The average Bonchev–Trinajstić information content (AvgIpc) is 3.28. The number of aryl methyl sites for hydroxylation is 1. The van der Waals surface area contributed by atoms with Gasteiger partial charge in [-0.3, -0.25) is 0 Å². The van der Waals surface area contributed by atoms with Gasteiger partial charge in [0.1, 0.15) is 0 Å². The van der Waals surface area contributed by atoms with Crippen LogP contribution in [0.2, 0.25) is 0 Å². The predicted molar refractivity (Wildman–Crippen MR) is 86.1 cm³/mol. The van der Waals surface area contributed by atoms with Crippen LogP contribution in [0.4, 0.5) is 0 Å². The maximum absolute atomic E-state index is 3.80. The molecular formula is C19H29N. The molecule has 0 aromatic heterocycles. The summed E-state index contributed by atoms with van der Waals surface area (Å²) in [6, 6.07) is 9.89. The largest absolute Gasteiger partial charge is 0.313 e. The summed E-state index contributed by atoms with van der Waals surface area (Å²) in [5.74, 6) is 1.62. The molecular weight excluding hydrogens is 242 g/mol. The minimum absolute atomic E-state index is 0.731. The molecule has 0 aliphatic heterocycles. The van der Waals surface area contributed by atoms with Gasteiger partial charge >= 0.3 is 0 Å². The van der Waals surface area contributed by atoms with E-state index in [1.165, 1.54) is 63.5 Å². The summed E-state index contributed by atoms with van der Waals surface area (Å²) >= 11 is 0. The zero-order valence-corrected chi connectivity index (χ0v) is 12.9. The fourth-order valence-corrected chi connectivity index (χ4v) is 3.83. The van der Waals surface area contributed by atoms with Crippen LogP contribution in [-0.4, -0.2) is 12.6 Å². The van der Waals surface area contributed by atoms with E-state index < -0.39 is 0 Å². The van der Waals surface area contributed by atoms with Gasteiger partial charge < -0.3 is 5.32 Å². The molecule has 110 valence electrons. The maximum Gasteiger partial charge on any atom is 0.00684 e. The lowest BCUT2D eigenvalue weighted by Gasteiger charge is -2.28. The van der Waals surface area contributed by atoms with E-state index >= 15 is 0 Å². The van der Waals surface area contributed by atoms with Gasteiger partial charge in [-0.1, -0.05) is 49.9 Å². The van der Waals surface area contributed by atoms with Crippen molar-refractivity contribution in [1.29, 1.82) is 0 Å². The van der Waals surface area contributed by atoms with Crippen LogP contribution >= 0.6 is 0 Å². The highest BCUT2D eigenvalue weighted by atomic mass is 14.9. The van der Waals surface area contributed by atoms with Gasteiger partial charge in [-0.15, -0.1) is 0 Å². The molecule has 1 nitrogen and oxygen atoms in total. The van der Waals surface area contributed by atoms with Gasteiger partial charge in [-0.05, 0) is 55.6 Å². The first-order valence-electron chi connectivity index (χ1n) is 8.63. The molecule has 0 saturated heterocycles. The van der Waals surface area contributed by atoms with Crippen LogP contribution in [0.5, 0.6) is 0 Å². The Balaban J connectivity index is 1.76. The highest BCUT2D eigenvalue weighted by Crippen LogP contribution is 2.36. The van der Waals surface area contributed by atoms with E-state index in [9.17, 15) is 0 Å². The Bertz CT molecular complexity index is 414. The van der Waals surface area contributed by atoms with Crippen molar-refractivity contribution in [1.82, 2.24) is 5.32 Å². The van der Waals surface area contributed by atoms with Gasteiger partial charge in [0.25, 0.3) is 0 Å². The average molecular weight is 271 g/mol. The lowest BCUT2D eigenvalue weighted by atomic mass is 9.79. The molecule has 0 amide bonds. The zero-order chi connectivity index (χ0) is 13.8. The third kappa shape index (κ3) is 3.63. The molecule has 3 rings (SSSR count). The first-order valence-corrected chi connectivity index (χ1v) is 8.63. The first kappa shape index (κ1) is 14.1. The Kier molecular flexibility index (Phi) is 4.77. The number of hydrogen-bond donors (Lipinski definition) is 1. The second-order valence-electron chi connectivity index (χ2n) is 6.90. The maximum atomic E-state index is 3.80. The smallest absolute Gasteiger partial charge is 0.00684 e. The molecule has 1 unspecified atom stereocenters.